The molecule has 0 fully saturated rings. The van der Waals surface area contributed by atoms with Crippen LogP contribution in [0.15, 0.2) is 0 Å². The molecule has 0 aliphatic heterocycles. The van der Waals surface area contributed by atoms with Crippen molar-refractivity contribution in [2.24, 2.45) is 5.41 Å². The van der Waals surface area contributed by atoms with E-state index in [0.29, 0.717) is 0 Å². The molecule has 0 saturated carbocycles. The minimum absolute atomic E-state index is 0.261. The molecule has 0 saturated heterocycles. The number of carboxylic acids is 2. The fourth-order valence-electron chi connectivity index (χ4n) is 2.06. The molecule has 0 amide bonds. The molecule has 0 rings (SSSR count). The lowest BCUT2D eigenvalue weighted by molar-refractivity contribution is -0.178. The van der Waals surface area contributed by atoms with Gasteiger partial charge in [0.15, 0.2) is 11.2 Å². The Kier molecular flexibility index (Phi) is 8.28. The number of aliphatic carboxylic acids is 2. The molecule has 0 aromatic heterocycles. The summed E-state index contributed by atoms with van der Waals surface area (Å²) < 4.78 is 14.1. The minimum atomic E-state index is -2.20. The Bertz CT molecular complexity index is 431. The van der Waals surface area contributed by atoms with Crippen LogP contribution in [0.1, 0.15) is 19.8 Å². The zero-order valence-electron chi connectivity index (χ0n) is 12.7. The Morgan fingerprint density at radius 1 is 1.05 bits per heavy atom. The summed E-state index contributed by atoms with van der Waals surface area (Å²) in [6, 6.07) is 0. The van der Waals surface area contributed by atoms with Gasteiger partial charge in [-0.25, -0.2) is 4.79 Å². The summed E-state index contributed by atoms with van der Waals surface area (Å²) in [7, 11) is 2.41. The summed E-state index contributed by atoms with van der Waals surface area (Å²) in [6.07, 6.45) is -2.76. The lowest BCUT2D eigenvalue weighted by Crippen LogP contribution is -2.52. The SMILES string of the molecule is CCC(C(=O)O)(C(=O)COC)[C@@H](CC(=O)O)OC(=O)COC. The van der Waals surface area contributed by atoms with Gasteiger partial charge in [-0.1, -0.05) is 6.92 Å². The fourth-order valence-corrected chi connectivity index (χ4v) is 2.06. The van der Waals surface area contributed by atoms with E-state index in [1.807, 2.05) is 0 Å². The second-order valence-electron chi connectivity index (χ2n) is 4.50. The van der Waals surface area contributed by atoms with E-state index >= 15 is 0 Å². The van der Waals surface area contributed by atoms with Crippen LogP contribution in [0.5, 0.6) is 0 Å². The number of carbonyl (C=O) groups is 4. The molecule has 0 aromatic rings. The van der Waals surface area contributed by atoms with Crippen LogP contribution in [0, 0.1) is 5.41 Å². The van der Waals surface area contributed by atoms with Crippen LogP contribution in [0.3, 0.4) is 0 Å². The number of ether oxygens (including phenoxy) is 3. The first kappa shape index (κ1) is 20.0. The zero-order valence-corrected chi connectivity index (χ0v) is 12.7. The molecule has 0 spiro atoms. The Hall–Kier alpha value is -2.00. The van der Waals surface area contributed by atoms with Crippen molar-refractivity contribution in [3.8, 4) is 0 Å². The number of rotatable bonds is 11. The van der Waals surface area contributed by atoms with Crippen LogP contribution in [-0.2, 0) is 33.4 Å². The lowest BCUT2D eigenvalue weighted by Gasteiger charge is -2.33. The summed E-state index contributed by atoms with van der Waals surface area (Å²) >= 11 is 0. The normalized spacial score (nSPS) is 14.7. The molecule has 9 nitrogen and oxygen atoms in total. The Balaban J connectivity index is 5.71. The number of methoxy groups -OCH3 is 2. The van der Waals surface area contributed by atoms with Gasteiger partial charge in [-0.05, 0) is 6.42 Å². The summed E-state index contributed by atoms with van der Waals surface area (Å²) in [5.41, 5.74) is -2.20. The average molecular weight is 320 g/mol. The quantitative estimate of drug-likeness (QED) is 0.389. The fraction of sp³-hybridized carbons (Fsp3) is 0.692. The zero-order chi connectivity index (χ0) is 17.3. The molecule has 2 atom stereocenters. The number of carboxylic acid groups (broad SMARTS) is 2. The van der Waals surface area contributed by atoms with Gasteiger partial charge in [0.1, 0.15) is 19.3 Å². The Morgan fingerprint density at radius 2 is 1.59 bits per heavy atom. The number of Topliss-reactive ketones (excluding diaryl/α,β-unsaturated/α-hetero) is 1. The Labute approximate surface area is 127 Å². The van der Waals surface area contributed by atoms with E-state index in [1.165, 1.54) is 21.1 Å². The molecular weight excluding hydrogens is 300 g/mol. The van der Waals surface area contributed by atoms with Gasteiger partial charge in [0.2, 0.25) is 0 Å². The summed E-state index contributed by atoms with van der Waals surface area (Å²) in [5.74, 6) is -4.81. The van der Waals surface area contributed by atoms with E-state index in [4.69, 9.17) is 9.84 Å². The third-order valence-corrected chi connectivity index (χ3v) is 3.16. The number of ketones is 1. The average Bonchev–Trinajstić information content (AvgIpc) is 2.39. The molecule has 22 heavy (non-hydrogen) atoms. The van der Waals surface area contributed by atoms with Crippen molar-refractivity contribution in [1.82, 2.24) is 0 Å². The van der Waals surface area contributed by atoms with Crippen molar-refractivity contribution in [1.29, 1.82) is 0 Å². The summed E-state index contributed by atoms with van der Waals surface area (Å²) in [6.45, 7) is 0.354. The topological polar surface area (TPSA) is 136 Å². The molecular formula is C13H20O9. The molecule has 0 aromatic carbocycles. The van der Waals surface area contributed by atoms with Gasteiger partial charge in [0.05, 0.1) is 6.42 Å². The Morgan fingerprint density at radius 3 is 1.95 bits per heavy atom. The van der Waals surface area contributed by atoms with E-state index in [2.05, 4.69) is 9.47 Å². The van der Waals surface area contributed by atoms with Crippen LogP contribution < -0.4 is 0 Å². The van der Waals surface area contributed by atoms with Gasteiger partial charge < -0.3 is 24.4 Å². The molecule has 0 radical (unpaired) electrons. The standard InChI is InChI=1S/C13H20O9/c1-4-13(12(18)19,8(14)6-20-2)9(5-10(15)16)22-11(17)7-21-3/h9H,4-7H2,1-3H3,(H,15,16)(H,18,19)/t9-,13?/m1/s1. The van der Waals surface area contributed by atoms with Crippen LogP contribution in [-0.4, -0.2) is 67.4 Å². The van der Waals surface area contributed by atoms with E-state index in [0.717, 1.165) is 0 Å². The molecule has 1 unspecified atom stereocenters. The predicted molar refractivity (Wildman–Crippen MR) is 71.3 cm³/mol. The van der Waals surface area contributed by atoms with Crippen LogP contribution in [0.4, 0.5) is 0 Å². The van der Waals surface area contributed by atoms with Crippen molar-refractivity contribution in [3.05, 3.63) is 0 Å². The van der Waals surface area contributed by atoms with E-state index in [9.17, 15) is 24.3 Å². The molecule has 9 heteroatoms. The highest BCUT2D eigenvalue weighted by Crippen LogP contribution is 2.33. The summed E-state index contributed by atoms with van der Waals surface area (Å²) in [4.78, 5) is 46.3. The molecule has 0 aliphatic carbocycles. The predicted octanol–water partition coefficient (Wildman–Crippen LogP) is -0.284. The van der Waals surface area contributed by atoms with E-state index in [1.54, 1.807) is 0 Å². The first-order valence-corrected chi connectivity index (χ1v) is 6.42. The largest absolute Gasteiger partial charge is 0.481 e. The monoisotopic (exact) mass is 320 g/mol. The van der Waals surface area contributed by atoms with Gasteiger partial charge in [0.25, 0.3) is 0 Å². The van der Waals surface area contributed by atoms with Crippen molar-refractivity contribution in [3.63, 3.8) is 0 Å². The van der Waals surface area contributed by atoms with Gasteiger partial charge in [-0.15, -0.1) is 0 Å². The minimum Gasteiger partial charge on any atom is -0.481 e. The number of carbonyl (C=O) groups excluding carboxylic acids is 2. The second kappa shape index (κ2) is 9.11. The lowest BCUT2D eigenvalue weighted by atomic mass is 9.74. The van der Waals surface area contributed by atoms with Crippen LogP contribution in [0.2, 0.25) is 0 Å². The maximum Gasteiger partial charge on any atom is 0.332 e. The van der Waals surface area contributed by atoms with Gasteiger partial charge in [-0.2, -0.15) is 0 Å². The van der Waals surface area contributed by atoms with Crippen LogP contribution in [0.25, 0.3) is 0 Å². The molecule has 126 valence electrons. The number of hydrogen-bond donors (Lipinski definition) is 2. The molecule has 2 N–H and O–H groups in total. The van der Waals surface area contributed by atoms with Crippen molar-refractivity contribution in [2.75, 3.05) is 27.4 Å². The third-order valence-electron chi connectivity index (χ3n) is 3.16. The van der Waals surface area contributed by atoms with Crippen molar-refractivity contribution in [2.45, 2.75) is 25.9 Å². The maximum absolute atomic E-state index is 12.2. The summed E-state index contributed by atoms with van der Waals surface area (Å²) in [5, 5.41) is 18.4. The first-order chi connectivity index (χ1) is 10.3. The van der Waals surface area contributed by atoms with Crippen LogP contribution >= 0.6 is 0 Å². The highest BCUT2D eigenvalue weighted by Gasteiger charge is 2.53. The smallest absolute Gasteiger partial charge is 0.332 e. The highest BCUT2D eigenvalue weighted by molar-refractivity contribution is 6.05. The number of hydrogen-bond acceptors (Lipinski definition) is 7. The second-order valence-corrected chi connectivity index (χ2v) is 4.50. The maximum atomic E-state index is 12.2. The van der Waals surface area contributed by atoms with Crippen molar-refractivity contribution < 1.29 is 43.6 Å². The van der Waals surface area contributed by atoms with Gasteiger partial charge in [0, 0.05) is 14.2 Å². The molecule has 0 bridgehead atoms. The van der Waals surface area contributed by atoms with Gasteiger partial charge >= 0.3 is 17.9 Å². The number of esters is 1. The first-order valence-electron chi connectivity index (χ1n) is 6.42. The van der Waals surface area contributed by atoms with E-state index < -0.39 is 54.8 Å². The van der Waals surface area contributed by atoms with Gasteiger partial charge in [-0.3, -0.25) is 14.4 Å². The van der Waals surface area contributed by atoms with Crippen molar-refractivity contribution >= 4 is 23.7 Å². The van der Waals surface area contributed by atoms with E-state index in [-0.39, 0.29) is 6.42 Å². The third kappa shape index (κ3) is 4.78. The highest BCUT2D eigenvalue weighted by atomic mass is 16.6. The molecule has 0 aliphatic rings. The molecule has 0 heterocycles.